The number of nitrogens with zero attached hydrogens (tertiary/aromatic N) is 1. The molecule has 0 bridgehead atoms. The molecule has 0 heterocycles. The zero-order valence-electron chi connectivity index (χ0n) is 27.4. The van der Waals surface area contributed by atoms with Gasteiger partial charge in [0.2, 0.25) is 11.8 Å². The molecule has 9 heteroatoms. The van der Waals surface area contributed by atoms with Gasteiger partial charge in [-0.25, -0.2) is 9.59 Å². The summed E-state index contributed by atoms with van der Waals surface area (Å²) < 4.78 is 11.0. The van der Waals surface area contributed by atoms with E-state index in [4.69, 9.17) is 9.47 Å². The van der Waals surface area contributed by atoms with Gasteiger partial charge in [-0.15, -0.1) is 0 Å². The second kappa shape index (κ2) is 15.0. The van der Waals surface area contributed by atoms with Crippen LogP contribution < -0.4 is 10.6 Å². The van der Waals surface area contributed by atoms with Gasteiger partial charge in [0.05, 0.1) is 0 Å². The summed E-state index contributed by atoms with van der Waals surface area (Å²) in [6, 6.07) is 12.0. The highest BCUT2D eigenvalue weighted by Gasteiger charge is 2.38. The van der Waals surface area contributed by atoms with Crippen LogP contribution >= 0.6 is 0 Å². The molecule has 0 saturated carbocycles. The summed E-state index contributed by atoms with van der Waals surface area (Å²) in [5.74, 6) is -1.54. The number of amides is 3. The van der Waals surface area contributed by atoms with Crippen LogP contribution in [0.15, 0.2) is 48.5 Å². The molecule has 0 spiro atoms. The molecule has 2 N–H and O–H groups in total. The molecule has 0 aliphatic rings. The molecule has 0 aromatic heterocycles. The first kappa shape index (κ1) is 35.3. The molecular weight excluding hydrogens is 546 g/mol. The predicted molar refractivity (Wildman–Crippen MR) is 167 cm³/mol. The fraction of sp³-hybridized carbons (Fsp3) is 0.529. The van der Waals surface area contributed by atoms with Crippen LogP contribution in [0.4, 0.5) is 4.79 Å². The van der Waals surface area contributed by atoms with Crippen molar-refractivity contribution < 1.29 is 28.7 Å². The van der Waals surface area contributed by atoms with Crippen LogP contribution in [0, 0.1) is 13.8 Å². The number of hydrogen-bond acceptors (Lipinski definition) is 6. The van der Waals surface area contributed by atoms with Gasteiger partial charge in [0.1, 0.15) is 29.3 Å². The van der Waals surface area contributed by atoms with E-state index in [1.165, 1.54) is 4.90 Å². The summed E-state index contributed by atoms with van der Waals surface area (Å²) in [5, 5.41) is 5.53. The largest absolute Gasteiger partial charge is 0.458 e. The van der Waals surface area contributed by atoms with Crippen molar-refractivity contribution in [2.45, 2.75) is 111 Å². The lowest BCUT2D eigenvalue weighted by Crippen LogP contribution is -2.54. The maximum atomic E-state index is 14.3. The summed E-state index contributed by atoms with van der Waals surface area (Å²) in [6.07, 6.45) is 0.0315. The summed E-state index contributed by atoms with van der Waals surface area (Å²) in [4.78, 5) is 55.7. The van der Waals surface area contributed by atoms with Gasteiger partial charge in [0, 0.05) is 13.0 Å². The monoisotopic (exact) mass is 595 g/mol. The Morgan fingerprint density at radius 1 is 0.814 bits per heavy atom. The van der Waals surface area contributed by atoms with Crippen LogP contribution in [0.5, 0.6) is 0 Å². The molecule has 2 aromatic carbocycles. The standard InChI is InChI=1S/C34H49N3O6/c1-11-20-37(30(39)24(4)35-32(41)43-34(8,9)10)28(27-22(2)16-15-17-23(27)3)29(38)36-26(31(40)42-33(5,6)7)21-25-18-13-12-14-19-25/h12-19,24,26,28H,11,20-21H2,1-10H3,(H,35,41)(H,36,38). The molecule has 3 amide bonds. The third kappa shape index (κ3) is 11.0. The first-order valence-corrected chi connectivity index (χ1v) is 14.9. The Morgan fingerprint density at radius 3 is 1.88 bits per heavy atom. The van der Waals surface area contributed by atoms with Gasteiger partial charge in [-0.3, -0.25) is 9.59 Å². The lowest BCUT2D eigenvalue weighted by atomic mass is 9.93. The Hall–Kier alpha value is -3.88. The van der Waals surface area contributed by atoms with Crippen LogP contribution in [0.2, 0.25) is 0 Å². The molecule has 43 heavy (non-hydrogen) atoms. The van der Waals surface area contributed by atoms with Crippen LogP contribution in [-0.4, -0.2) is 58.6 Å². The minimum atomic E-state index is -1.07. The smallest absolute Gasteiger partial charge is 0.408 e. The second-order valence-corrected chi connectivity index (χ2v) is 12.9. The Labute approximate surface area is 256 Å². The number of benzene rings is 2. The van der Waals surface area contributed by atoms with E-state index in [1.807, 2.05) is 69.3 Å². The van der Waals surface area contributed by atoms with E-state index in [1.54, 1.807) is 48.5 Å². The Bertz CT molecular complexity index is 1240. The van der Waals surface area contributed by atoms with Crippen molar-refractivity contribution in [1.29, 1.82) is 0 Å². The molecule has 236 valence electrons. The average Bonchev–Trinajstić information content (AvgIpc) is 2.87. The van der Waals surface area contributed by atoms with E-state index < -0.39 is 53.2 Å². The minimum Gasteiger partial charge on any atom is -0.458 e. The molecule has 2 rings (SSSR count). The number of alkyl carbamates (subject to hydrolysis) is 1. The highest BCUT2D eigenvalue weighted by atomic mass is 16.6. The van der Waals surface area contributed by atoms with Gasteiger partial charge in [0.25, 0.3) is 0 Å². The quantitative estimate of drug-likeness (QED) is 0.329. The van der Waals surface area contributed by atoms with Crippen molar-refractivity contribution >= 4 is 23.9 Å². The third-order valence-corrected chi connectivity index (χ3v) is 6.52. The Kier molecular flexibility index (Phi) is 12.3. The molecule has 0 radical (unpaired) electrons. The van der Waals surface area contributed by atoms with Crippen molar-refractivity contribution in [3.8, 4) is 0 Å². The zero-order valence-corrected chi connectivity index (χ0v) is 27.4. The van der Waals surface area contributed by atoms with Crippen LogP contribution in [0.1, 0.15) is 90.1 Å². The SMILES string of the molecule is CCCN(C(=O)C(C)NC(=O)OC(C)(C)C)C(C(=O)NC(Cc1ccccc1)C(=O)OC(C)(C)C)c1c(C)cccc1C. The van der Waals surface area contributed by atoms with Crippen molar-refractivity contribution in [3.05, 3.63) is 70.8 Å². The van der Waals surface area contributed by atoms with Gasteiger partial charge in [-0.1, -0.05) is 55.5 Å². The molecule has 0 aliphatic carbocycles. The average molecular weight is 596 g/mol. The molecule has 0 saturated heterocycles. The minimum absolute atomic E-state index is 0.208. The molecule has 3 unspecified atom stereocenters. The second-order valence-electron chi connectivity index (χ2n) is 12.9. The molecule has 9 nitrogen and oxygen atoms in total. The predicted octanol–water partition coefficient (Wildman–Crippen LogP) is 5.57. The highest BCUT2D eigenvalue weighted by molar-refractivity contribution is 5.94. The number of hydrogen-bond donors (Lipinski definition) is 2. The number of carbonyl (C=O) groups excluding carboxylic acids is 4. The van der Waals surface area contributed by atoms with E-state index in [-0.39, 0.29) is 13.0 Å². The lowest BCUT2D eigenvalue weighted by molar-refractivity contribution is -0.159. The fourth-order valence-corrected chi connectivity index (χ4v) is 4.76. The van der Waals surface area contributed by atoms with Gasteiger partial charge in [-0.2, -0.15) is 0 Å². The van der Waals surface area contributed by atoms with Crippen molar-refractivity contribution in [2.24, 2.45) is 0 Å². The third-order valence-electron chi connectivity index (χ3n) is 6.52. The van der Waals surface area contributed by atoms with E-state index in [2.05, 4.69) is 10.6 Å². The van der Waals surface area contributed by atoms with Crippen LogP contribution in [0.3, 0.4) is 0 Å². The van der Waals surface area contributed by atoms with E-state index in [9.17, 15) is 19.2 Å². The molecule has 2 aromatic rings. The van der Waals surface area contributed by atoms with E-state index >= 15 is 0 Å². The Balaban J connectivity index is 2.55. The summed E-state index contributed by atoms with van der Waals surface area (Å²) in [7, 11) is 0. The molecule has 0 aliphatic heterocycles. The molecule has 0 fully saturated rings. The maximum Gasteiger partial charge on any atom is 0.408 e. The maximum absolute atomic E-state index is 14.3. The zero-order chi connectivity index (χ0) is 32.5. The number of carbonyl (C=O) groups is 4. The van der Waals surface area contributed by atoms with Gasteiger partial charge in [-0.05, 0) is 91.0 Å². The fourth-order valence-electron chi connectivity index (χ4n) is 4.76. The van der Waals surface area contributed by atoms with Gasteiger partial charge < -0.3 is 25.0 Å². The number of rotatable bonds is 11. The van der Waals surface area contributed by atoms with Crippen molar-refractivity contribution in [3.63, 3.8) is 0 Å². The number of aryl methyl sites for hydroxylation is 2. The number of nitrogens with one attached hydrogen (secondary N) is 2. The molecule has 3 atom stereocenters. The van der Waals surface area contributed by atoms with Crippen molar-refractivity contribution in [1.82, 2.24) is 15.5 Å². The Morgan fingerprint density at radius 2 is 1.37 bits per heavy atom. The van der Waals surface area contributed by atoms with Gasteiger partial charge in [0.15, 0.2) is 0 Å². The summed E-state index contributed by atoms with van der Waals surface area (Å²) >= 11 is 0. The highest BCUT2D eigenvalue weighted by Crippen LogP contribution is 2.29. The van der Waals surface area contributed by atoms with Crippen LogP contribution in [0.25, 0.3) is 0 Å². The molecular formula is C34H49N3O6. The first-order chi connectivity index (χ1) is 19.9. The summed E-state index contributed by atoms with van der Waals surface area (Å²) in [6.45, 7) is 18.0. The van der Waals surface area contributed by atoms with Crippen LogP contribution in [-0.2, 0) is 30.3 Å². The number of esters is 1. The van der Waals surface area contributed by atoms with Gasteiger partial charge >= 0.3 is 12.1 Å². The normalized spacial score (nSPS) is 13.7. The topological polar surface area (TPSA) is 114 Å². The number of ether oxygens (including phenoxy) is 2. The van der Waals surface area contributed by atoms with E-state index in [0.717, 1.165) is 16.7 Å². The summed E-state index contributed by atoms with van der Waals surface area (Å²) in [5.41, 5.74) is 1.63. The van der Waals surface area contributed by atoms with E-state index in [0.29, 0.717) is 12.0 Å². The lowest BCUT2D eigenvalue weighted by Gasteiger charge is -2.35. The first-order valence-electron chi connectivity index (χ1n) is 14.9. The van der Waals surface area contributed by atoms with Crippen molar-refractivity contribution in [2.75, 3.05) is 6.54 Å².